The predicted molar refractivity (Wildman–Crippen MR) is 87.9 cm³/mol. The molecule has 1 heterocycles. The number of nitrogens with one attached hydrogen (secondary N) is 1. The quantitative estimate of drug-likeness (QED) is 0.782. The molecule has 1 aromatic carbocycles. The monoisotopic (exact) mass is 364 g/mol. The Hall–Kier alpha value is -2.99. The highest BCUT2D eigenvalue weighted by molar-refractivity contribution is 7.92. The Morgan fingerprint density at radius 1 is 1.32 bits per heavy atom. The standard InChI is InChI=1S/C16H16N2O6S/c1-4-23-11-5-7-12(8-6-11)25(20,21)18-15-13(9-17)14(10(2)24-15)16(19)22-3/h5-8,18H,4H2,1-3H3. The normalized spacial score (nSPS) is 10.8. The van der Waals surface area contributed by atoms with E-state index in [9.17, 15) is 18.5 Å². The van der Waals surface area contributed by atoms with Gasteiger partial charge in [-0.05, 0) is 38.1 Å². The second-order valence-electron chi connectivity index (χ2n) is 4.85. The molecule has 0 aliphatic rings. The Labute approximate surface area is 145 Å². The number of hydrogen-bond acceptors (Lipinski definition) is 7. The molecule has 8 nitrogen and oxygen atoms in total. The number of carbonyl (C=O) groups is 1. The van der Waals surface area contributed by atoms with Crippen molar-refractivity contribution in [2.45, 2.75) is 18.7 Å². The van der Waals surface area contributed by atoms with Crippen molar-refractivity contribution >= 4 is 21.9 Å². The molecule has 2 rings (SSSR count). The van der Waals surface area contributed by atoms with Crippen LogP contribution in [0.1, 0.15) is 28.6 Å². The summed E-state index contributed by atoms with van der Waals surface area (Å²) in [4.78, 5) is 11.7. The molecule has 0 radical (unpaired) electrons. The van der Waals surface area contributed by atoms with E-state index >= 15 is 0 Å². The van der Waals surface area contributed by atoms with Crippen molar-refractivity contribution in [1.82, 2.24) is 0 Å². The number of ether oxygens (including phenoxy) is 2. The van der Waals surface area contributed by atoms with Crippen LogP contribution in [0.4, 0.5) is 5.88 Å². The van der Waals surface area contributed by atoms with Gasteiger partial charge in [-0.15, -0.1) is 0 Å². The van der Waals surface area contributed by atoms with Crippen LogP contribution in [0.15, 0.2) is 33.6 Å². The SMILES string of the molecule is CCOc1ccc(S(=O)(=O)Nc2oc(C)c(C(=O)OC)c2C#N)cc1. The summed E-state index contributed by atoms with van der Waals surface area (Å²) in [5.41, 5.74) is -0.353. The Morgan fingerprint density at radius 2 is 1.96 bits per heavy atom. The first-order chi connectivity index (χ1) is 11.8. The lowest BCUT2D eigenvalue weighted by Gasteiger charge is -2.07. The third-order valence-electron chi connectivity index (χ3n) is 3.26. The van der Waals surface area contributed by atoms with Crippen molar-refractivity contribution in [3.63, 3.8) is 0 Å². The molecule has 0 atom stereocenters. The van der Waals surface area contributed by atoms with Gasteiger partial charge >= 0.3 is 5.97 Å². The first-order valence-electron chi connectivity index (χ1n) is 7.21. The van der Waals surface area contributed by atoms with E-state index in [2.05, 4.69) is 9.46 Å². The van der Waals surface area contributed by atoms with Crippen molar-refractivity contribution in [1.29, 1.82) is 5.26 Å². The van der Waals surface area contributed by atoms with E-state index in [1.165, 1.54) is 31.2 Å². The summed E-state index contributed by atoms with van der Waals surface area (Å²) in [5.74, 6) is -0.521. The molecule has 0 aliphatic carbocycles. The van der Waals surface area contributed by atoms with Crippen LogP contribution in [0.2, 0.25) is 0 Å². The lowest BCUT2D eigenvalue weighted by molar-refractivity contribution is 0.0598. The van der Waals surface area contributed by atoms with Gasteiger partial charge in [0.15, 0.2) is 0 Å². The Bertz CT molecular complexity index is 923. The molecule has 0 saturated carbocycles. The fourth-order valence-corrected chi connectivity index (χ4v) is 3.13. The molecule has 0 amide bonds. The topological polar surface area (TPSA) is 119 Å². The Morgan fingerprint density at radius 3 is 2.48 bits per heavy atom. The van der Waals surface area contributed by atoms with Gasteiger partial charge in [-0.25, -0.2) is 17.9 Å². The maximum atomic E-state index is 12.5. The van der Waals surface area contributed by atoms with E-state index in [4.69, 9.17) is 9.15 Å². The fraction of sp³-hybridized carbons (Fsp3) is 0.250. The molecule has 9 heteroatoms. The lowest BCUT2D eigenvalue weighted by Crippen LogP contribution is -2.13. The number of esters is 1. The minimum Gasteiger partial charge on any atom is -0.494 e. The highest BCUT2D eigenvalue weighted by atomic mass is 32.2. The molecule has 0 fully saturated rings. The number of carbonyl (C=O) groups excluding carboxylic acids is 1. The maximum Gasteiger partial charge on any atom is 0.342 e. The van der Waals surface area contributed by atoms with Crippen LogP contribution < -0.4 is 9.46 Å². The summed E-state index contributed by atoms with van der Waals surface area (Å²) in [5, 5.41) is 9.25. The number of methoxy groups -OCH3 is 1. The number of nitriles is 1. The summed E-state index contributed by atoms with van der Waals surface area (Å²) in [7, 11) is -2.86. The summed E-state index contributed by atoms with van der Waals surface area (Å²) in [6.45, 7) is 3.70. The molecular weight excluding hydrogens is 348 g/mol. The van der Waals surface area contributed by atoms with Gasteiger partial charge in [-0.1, -0.05) is 0 Å². The van der Waals surface area contributed by atoms with E-state index in [0.29, 0.717) is 12.4 Å². The smallest absolute Gasteiger partial charge is 0.342 e. The lowest BCUT2D eigenvalue weighted by atomic mass is 10.1. The third kappa shape index (κ3) is 3.75. The highest BCUT2D eigenvalue weighted by Crippen LogP contribution is 2.29. The van der Waals surface area contributed by atoms with E-state index in [-0.39, 0.29) is 27.7 Å². The molecule has 0 unspecified atom stereocenters. The highest BCUT2D eigenvalue weighted by Gasteiger charge is 2.27. The first-order valence-corrected chi connectivity index (χ1v) is 8.69. The zero-order valence-electron chi connectivity index (χ0n) is 13.8. The number of sulfonamides is 1. The van der Waals surface area contributed by atoms with Gasteiger partial charge < -0.3 is 13.9 Å². The molecule has 0 aliphatic heterocycles. The van der Waals surface area contributed by atoms with E-state index in [0.717, 1.165) is 7.11 Å². The molecule has 1 N–H and O–H groups in total. The number of anilines is 1. The summed E-state index contributed by atoms with van der Waals surface area (Å²) < 4.78 is 42.2. The van der Waals surface area contributed by atoms with Crippen LogP contribution in [-0.4, -0.2) is 28.1 Å². The molecule has 132 valence electrons. The fourth-order valence-electron chi connectivity index (χ4n) is 2.13. The minimum absolute atomic E-state index is 0.0477. The van der Waals surface area contributed by atoms with E-state index < -0.39 is 16.0 Å². The maximum absolute atomic E-state index is 12.5. The summed E-state index contributed by atoms with van der Waals surface area (Å²) in [6.07, 6.45) is 0. The van der Waals surface area contributed by atoms with Crippen LogP contribution in [0.5, 0.6) is 5.75 Å². The summed E-state index contributed by atoms with van der Waals surface area (Å²) in [6, 6.07) is 7.49. The second kappa shape index (κ2) is 7.27. The number of nitrogens with zero attached hydrogens (tertiary/aromatic N) is 1. The largest absolute Gasteiger partial charge is 0.494 e. The van der Waals surface area contributed by atoms with Crippen LogP contribution >= 0.6 is 0 Å². The van der Waals surface area contributed by atoms with Gasteiger partial charge in [0.05, 0.1) is 18.6 Å². The zero-order chi connectivity index (χ0) is 18.6. The minimum atomic E-state index is -4.02. The van der Waals surface area contributed by atoms with Crippen molar-refractivity contribution in [2.24, 2.45) is 0 Å². The average molecular weight is 364 g/mol. The first kappa shape index (κ1) is 18.4. The number of rotatable bonds is 6. The Balaban J connectivity index is 2.38. The van der Waals surface area contributed by atoms with Crippen LogP contribution in [-0.2, 0) is 14.8 Å². The molecule has 0 spiro atoms. The van der Waals surface area contributed by atoms with Crippen LogP contribution in [0.3, 0.4) is 0 Å². The van der Waals surface area contributed by atoms with Gasteiger partial charge in [0, 0.05) is 0 Å². The van der Waals surface area contributed by atoms with Crippen molar-refractivity contribution < 1.29 is 27.1 Å². The average Bonchev–Trinajstić information content (AvgIpc) is 2.89. The zero-order valence-corrected chi connectivity index (χ0v) is 14.6. The Kier molecular flexibility index (Phi) is 5.34. The summed E-state index contributed by atoms with van der Waals surface area (Å²) >= 11 is 0. The van der Waals surface area contributed by atoms with Gasteiger partial charge in [0.2, 0.25) is 5.88 Å². The van der Waals surface area contributed by atoms with E-state index in [1.54, 1.807) is 6.07 Å². The molecular formula is C16H16N2O6S. The third-order valence-corrected chi connectivity index (χ3v) is 4.60. The molecule has 1 aromatic heterocycles. The van der Waals surface area contributed by atoms with E-state index in [1.807, 2.05) is 6.92 Å². The van der Waals surface area contributed by atoms with Crippen molar-refractivity contribution in [3.05, 3.63) is 41.2 Å². The molecule has 2 aromatic rings. The van der Waals surface area contributed by atoms with Crippen LogP contribution in [0.25, 0.3) is 0 Å². The van der Waals surface area contributed by atoms with Gasteiger partial charge in [0.1, 0.15) is 28.7 Å². The molecule has 0 saturated heterocycles. The molecule has 25 heavy (non-hydrogen) atoms. The van der Waals surface area contributed by atoms with Gasteiger partial charge in [0.25, 0.3) is 10.0 Å². The van der Waals surface area contributed by atoms with Crippen molar-refractivity contribution in [2.75, 3.05) is 18.4 Å². The number of aryl methyl sites for hydroxylation is 1. The van der Waals surface area contributed by atoms with Crippen molar-refractivity contribution in [3.8, 4) is 11.8 Å². The number of hydrogen-bond donors (Lipinski definition) is 1. The van der Waals surface area contributed by atoms with Gasteiger partial charge in [-0.2, -0.15) is 5.26 Å². The van der Waals surface area contributed by atoms with Gasteiger partial charge in [-0.3, -0.25) is 0 Å². The van der Waals surface area contributed by atoms with Crippen LogP contribution in [0, 0.1) is 18.3 Å². The predicted octanol–water partition coefficient (Wildman–Crippen LogP) is 2.45. The number of furan rings is 1. The molecule has 0 bridgehead atoms. The number of benzene rings is 1. The second-order valence-corrected chi connectivity index (χ2v) is 6.53.